The van der Waals surface area contributed by atoms with Gasteiger partial charge >= 0.3 is 0 Å². The molecule has 0 aromatic heterocycles. The van der Waals surface area contributed by atoms with Crippen molar-refractivity contribution < 1.29 is 9.53 Å². The number of aldehydes is 1. The Morgan fingerprint density at radius 1 is 1.06 bits per heavy atom. The fourth-order valence-corrected chi connectivity index (χ4v) is 1.79. The van der Waals surface area contributed by atoms with Crippen molar-refractivity contribution in [1.82, 2.24) is 0 Å². The Bertz CT molecular complexity index is 509. The Kier molecular flexibility index (Phi) is 3.78. The maximum Gasteiger partial charge on any atom is 0.157 e. The lowest BCUT2D eigenvalue weighted by atomic mass is 10.1. The molecule has 0 aliphatic heterocycles. The van der Waals surface area contributed by atoms with Gasteiger partial charge in [-0.05, 0) is 23.3 Å². The van der Waals surface area contributed by atoms with Gasteiger partial charge in [0, 0.05) is 0 Å². The third-order valence-electron chi connectivity index (χ3n) is 2.35. The second kappa shape index (κ2) is 5.51. The molecular weight excluding hydrogens is 236 g/mol. The van der Waals surface area contributed by atoms with Crippen LogP contribution in [0.3, 0.4) is 0 Å². The van der Waals surface area contributed by atoms with Crippen LogP contribution in [-0.4, -0.2) is 12.9 Å². The van der Waals surface area contributed by atoms with Crippen molar-refractivity contribution in [2.24, 2.45) is 0 Å². The van der Waals surface area contributed by atoms with Crippen molar-refractivity contribution in [2.45, 2.75) is 0 Å². The molecule has 17 heavy (non-hydrogen) atoms. The van der Waals surface area contributed by atoms with E-state index < -0.39 is 0 Å². The third kappa shape index (κ3) is 2.86. The van der Waals surface area contributed by atoms with Crippen molar-refractivity contribution in [3.8, 4) is 16.9 Å². The zero-order valence-corrected chi connectivity index (χ0v) is 9.85. The minimum atomic E-state index is 0.0183. The van der Waals surface area contributed by atoms with E-state index in [0.717, 1.165) is 11.1 Å². The van der Waals surface area contributed by atoms with Gasteiger partial charge < -0.3 is 4.74 Å². The number of carbonyl (C=O) groups is 1. The van der Waals surface area contributed by atoms with Gasteiger partial charge in [0.05, 0.1) is 5.02 Å². The van der Waals surface area contributed by atoms with Gasteiger partial charge in [-0.1, -0.05) is 48.0 Å². The summed E-state index contributed by atoms with van der Waals surface area (Å²) in [7, 11) is 0. The smallest absolute Gasteiger partial charge is 0.157 e. The standard InChI is InChI=1S/C14H11ClO2/c15-13-10-12(11-4-2-1-3-5-11)6-7-14(13)17-9-8-16/h1-8,10H,9H2. The minimum Gasteiger partial charge on any atom is -0.485 e. The van der Waals surface area contributed by atoms with E-state index in [9.17, 15) is 4.79 Å². The summed E-state index contributed by atoms with van der Waals surface area (Å²) in [5, 5.41) is 0.508. The van der Waals surface area contributed by atoms with Crippen LogP contribution in [0.15, 0.2) is 48.5 Å². The Morgan fingerprint density at radius 2 is 1.82 bits per heavy atom. The molecule has 0 spiro atoms. The molecule has 0 bridgehead atoms. The van der Waals surface area contributed by atoms with Crippen molar-refractivity contribution >= 4 is 17.9 Å². The lowest BCUT2D eigenvalue weighted by molar-refractivity contribution is -0.109. The van der Waals surface area contributed by atoms with Crippen LogP contribution < -0.4 is 4.74 Å². The first kappa shape index (κ1) is 11.7. The van der Waals surface area contributed by atoms with E-state index in [-0.39, 0.29) is 6.61 Å². The molecule has 0 radical (unpaired) electrons. The zero-order valence-electron chi connectivity index (χ0n) is 9.10. The molecule has 0 saturated carbocycles. The molecule has 0 aliphatic carbocycles. The molecule has 2 aromatic rings. The third-order valence-corrected chi connectivity index (χ3v) is 2.64. The summed E-state index contributed by atoms with van der Waals surface area (Å²) in [6.45, 7) is 0.0183. The van der Waals surface area contributed by atoms with Crippen molar-refractivity contribution in [1.29, 1.82) is 0 Å². The van der Waals surface area contributed by atoms with Gasteiger partial charge in [-0.3, -0.25) is 4.79 Å². The number of benzene rings is 2. The van der Waals surface area contributed by atoms with Crippen molar-refractivity contribution in [3.05, 3.63) is 53.6 Å². The van der Waals surface area contributed by atoms with Crippen LogP contribution in [0.1, 0.15) is 0 Å². The SMILES string of the molecule is O=CCOc1ccc(-c2ccccc2)cc1Cl. The molecule has 86 valence electrons. The van der Waals surface area contributed by atoms with E-state index in [1.807, 2.05) is 42.5 Å². The quantitative estimate of drug-likeness (QED) is 0.771. The van der Waals surface area contributed by atoms with Crippen LogP contribution in [0.4, 0.5) is 0 Å². The Labute approximate surface area is 105 Å². The van der Waals surface area contributed by atoms with Gasteiger partial charge in [0.15, 0.2) is 6.29 Å². The Balaban J connectivity index is 2.28. The Morgan fingerprint density at radius 3 is 2.47 bits per heavy atom. The maximum atomic E-state index is 10.2. The number of ether oxygens (including phenoxy) is 1. The molecule has 2 aromatic carbocycles. The van der Waals surface area contributed by atoms with Crippen molar-refractivity contribution in [2.75, 3.05) is 6.61 Å². The maximum absolute atomic E-state index is 10.2. The van der Waals surface area contributed by atoms with E-state index in [4.69, 9.17) is 16.3 Å². The highest BCUT2D eigenvalue weighted by Gasteiger charge is 2.04. The summed E-state index contributed by atoms with van der Waals surface area (Å²) in [6.07, 6.45) is 0.696. The van der Waals surface area contributed by atoms with Crippen LogP contribution in [0, 0.1) is 0 Å². The fourth-order valence-electron chi connectivity index (χ4n) is 1.55. The lowest BCUT2D eigenvalue weighted by Crippen LogP contribution is -1.98. The van der Waals surface area contributed by atoms with E-state index in [1.165, 1.54) is 0 Å². The lowest BCUT2D eigenvalue weighted by Gasteiger charge is -2.07. The Hall–Kier alpha value is -1.80. The molecule has 2 nitrogen and oxygen atoms in total. The normalized spacial score (nSPS) is 9.94. The summed E-state index contributed by atoms with van der Waals surface area (Å²) >= 11 is 6.07. The first-order chi connectivity index (χ1) is 8.31. The molecule has 0 heterocycles. The number of hydrogen-bond acceptors (Lipinski definition) is 2. The molecule has 0 amide bonds. The fraction of sp³-hybridized carbons (Fsp3) is 0.0714. The average molecular weight is 247 g/mol. The number of hydrogen-bond donors (Lipinski definition) is 0. The highest BCUT2D eigenvalue weighted by atomic mass is 35.5. The highest BCUT2D eigenvalue weighted by Crippen LogP contribution is 2.30. The first-order valence-corrected chi connectivity index (χ1v) is 5.60. The summed E-state index contributed by atoms with van der Waals surface area (Å²) in [6, 6.07) is 15.5. The first-order valence-electron chi connectivity index (χ1n) is 5.22. The summed E-state index contributed by atoms with van der Waals surface area (Å²) < 4.78 is 5.18. The van der Waals surface area contributed by atoms with Gasteiger partial charge in [0.1, 0.15) is 12.4 Å². The van der Waals surface area contributed by atoms with Crippen LogP contribution >= 0.6 is 11.6 Å². The molecule has 0 atom stereocenters. The van der Waals surface area contributed by atoms with Gasteiger partial charge in [-0.2, -0.15) is 0 Å². The van der Waals surface area contributed by atoms with Gasteiger partial charge in [-0.15, -0.1) is 0 Å². The summed E-state index contributed by atoms with van der Waals surface area (Å²) in [5.41, 5.74) is 2.12. The van der Waals surface area contributed by atoms with Crippen LogP contribution in [0.25, 0.3) is 11.1 Å². The molecule has 3 heteroatoms. The van der Waals surface area contributed by atoms with Gasteiger partial charge in [0.2, 0.25) is 0 Å². The van der Waals surface area contributed by atoms with E-state index in [0.29, 0.717) is 17.1 Å². The molecule has 0 aliphatic rings. The highest BCUT2D eigenvalue weighted by molar-refractivity contribution is 6.32. The topological polar surface area (TPSA) is 26.3 Å². The van der Waals surface area contributed by atoms with E-state index >= 15 is 0 Å². The van der Waals surface area contributed by atoms with Crippen LogP contribution in [0.5, 0.6) is 5.75 Å². The molecule has 2 rings (SSSR count). The monoisotopic (exact) mass is 246 g/mol. The molecule has 0 N–H and O–H groups in total. The van der Waals surface area contributed by atoms with Crippen LogP contribution in [0.2, 0.25) is 5.02 Å². The van der Waals surface area contributed by atoms with Gasteiger partial charge in [0.25, 0.3) is 0 Å². The second-order valence-corrected chi connectivity index (χ2v) is 3.90. The van der Waals surface area contributed by atoms with E-state index in [2.05, 4.69) is 0 Å². The minimum absolute atomic E-state index is 0.0183. The van der Waals surface area contributed by atoms with Crippen molar-refractivity contribution in [3.63, 3.8) is 0 Å². The molecule has 0 saturated heterocycles. The molecule has 0 unspecified atom stereocenters. The van der Waals surface area contributed by atoms with E-state index in [1.54, 1.807) is 6.07 Å². The number of carbonyl (C=O) groups excluding carboxylic acids is 1. The molecular formula is C14H11ClO2. The summed E-state index contributed by atoms with van der Waals surface area (Å²) in [4.78, 5) is 10.2. The van der Waals surface area contributed by atoms with Crippen LogP contribution in [-0.2, 0) is 4.79 Å². The predicted octanol–water partition coefficient (Wildman–Crippen LogP) is 3.58. The van der Waals surface area contributed by atoms with Gasteiger partial charge in [-0.25, -0.2) is 0 Å². The summed E-state index contributed by atoms with van der Waals surface area (Å²) in [5.74, 6) is 0.526. The predicted molar refractivity (Wildman–Crippen MR) is 68.4 cm³/mol. The second-order valence-electron chi connectivity index (χ2n) is 3.49. The molecule has 0 fully saturated rings. The largest absolute Gasteiger partial charge is 0.485 e. The number of halogens is 1. The average Bonchev–Trinajstić information content (AvgIpc) is 2.38. The number of rotatable bonds is 4. The zero-order chi connectivity index (χ0) is 12.1.